The minimum atomic E-state index is 0. The normalized spacial score (nSPS) is 11.0. The Kier molecular flexibility index (Phi) is 8.13. The first-order valence-corrected chi connectivity index (χ1v) is 8.71. The summed E-state index contributed by atoms with van der Waals surface area (Å²) in [5, 5.41) is 1.26. The van der Waals surface area contributed by atoms with Gasteiger partial charge in [-0.05, 0) is 37.1 Å². The molecule has 0 spiro atoms. The smallest absolute Gasteiger partial charge is 0.119 e. The molecule has 0 radical (unpaired) electrons. The number of hydrogen-bond acceptors (Lipinski definition) is 3. The Morgan fingerprint density at radius 2 is 2.08 bits per heavy atom. The lowest BCUT2D eigenvalue weighted by molar-refractivity contribution is 0.415. The van der Waals surface area contributed by atoms with Crippen LogP contribution in [0.15, 0.2) is 37.1 Å². The van der Waals surface area contributed by atoms with Crippen LogP contribution in [-0.4, -0.2) is 28.2 Å². The second-order valence-electron chi connectivity index (χ2n) is 5.51. The molecule has 1 aliphatic rings. The van der Waals surface area contributed by atoms with Gasteiger partial charge in [-0.15, -0.1) is 6.58 Å². The summed E-state index contributed by atoms with van der Waals surface area (Å²) in [6.07, 6.45) is 4.65. The van der Waals surface area contributed by atoms with E-state index in [1.807, 2.05) is 26.1 Å². The molecule has 3 aromatic rings. The molecule has 0 saturated carbocycles. The van der Waals surface area contributed by atoms with Gasteiger partial charge in [0, 0.05) is 24.0 Å². The third-order valence-corrected chi connectivity index (χ3v) is 4.18. The molecule has 3 heterocycles. The molecule has 26 heavy (non-hydrogen) atoms. The third-order valence-electron chi connectivity index (χ3n) is 4.18. The Balaban J connectivity index is 0.000000432. The molecule has 1 aliphatic heterocycles. The van der Waals surface area contributed by atoms with Gasteiger partial charge >= 0.3 is 0 Å². The number of aromatic amines is 1. The first-order chi connectivity index (χ1) is 12.2. The fraction of sp³-hybridized carbons (Fsp3) is 0.381. The number of H-pyrrole nitrogens is 1. The van der Waals surface area contributed by atoms with E-state index >= 15 is 0 Å². The molecule has 5 nitrogen and oxygen atoms in total. The van der Waals surface area contributed by atoms with Crippen LogP contribution < -0.4 is 10.5 Å². The van der Waals surface area contributed by atoms with Crippen LogP contribution in [0.2, 0.25) is 0 Å². The molecule has 0 saturated heterocycles. The van der Waals surface area contributed by atoms with Crippen molar-refractivity contribution in [1.29, 1.82) is 0 Å². The van der Waals surface area contributed by atoms with E-state index in [2.05, 4.69) is 40.2 Å². The second-order valence-corrected chi connectivity index (χ2v) is 5.51. The number of benzene rings is 1. The van der Waals surface area contributed by atoms with Gasteiger partial charge in [-0.1, -0.05) is 27.4 Å². The van der Waals surface area contributed by atoms with Crippen molar-refractivity contribution in [2.45, 2.75) is 41.2 Å². The van der Waals surface area contributed by atoms with E-state index in [4.69, 9.17) is 10.5 Å². The lowest BCUT2D eigenvalue weighted by Gasteiger charge is -2.16. The summed E-state index contributed by atoms with van der Waals surface area (Å²) in [5.41, 5.74) is 9.84. The van der Waals surface area contributed by atoms with Crippen LogP contribution in [0.25, 0.3) is 22.3 Å². The first-order valence-electron chi connectivity index (χ1n) is 8.71. The molecule has 0 unspecified atom stereocenters. The summed E-state index contributed by atoms with van der Waals surface area (Å²) in [7, 11) is 1.71. The highest BCUT2D eigenvalue weighted by Gasteiger charge is 2.22. The summed E-state index contributed by atoms with van der Waals surface area (Å²) in [6.45, 7) is 11.0. The van der Waals surface area contributed by atoms with Crippen molar-refractivity contribution in [3.05, 3.63) is 48.4 Å². The van der Waals surface area contributed by atoms with E-state index in [1.54, 1.807) is 13.2 Å². The van der Waals surface area contributed by atoms with Crippen molar-refractivity contribution in [1.82, 2.24) is 14.5 Å². The molecule has 0 aliphatic carbocycles. The monoisotopic (exact) mass is 356 g/mol. The minimum Gasteiger partial charge on any atom is -0.497 e. The van der Waals surface area contributed by atoms with Crippen LogP contribution >= 0.6 is 0 Å². The van der Waals surface area contributed by atoms with Crippen LogP contribution in [-0.2, 0) is 13.0 Å². The number of methoxy groups -OCH3 is 1. The number of nitrogens with one attached hydrogen (secondary N) is 1. The molecule has 2 aromatic heterocycles. The number of nitrogens with two attached hydrogens (primary N) is 1. The number of nitrogens with zero attached hydrogens (tertiary/aromatic N) is 2. The molecule has 4 rings (SSSR count). The predicted octanol–water partition coefficient (Wildman–Crippen LogP) is 4.70. The van der Waals surface area contributed by atoms with Gasteiger partial charge in [-0.3, -0.25) is 0 Å². The summed E-state index contributed by atoms with van der Waals surface area (Å²) in [4.78, 5) is 7.94. The van der Waals surface area contributed by atoms with Gasteiger partial charge in [0.05, 0.1) is 24.7 Å². The fourth-order valence-corrected chi connectivity index (χ4v) is 3.01. The van der Waals surface area contributed by atoms with Crippen LogP contribution in [0, 0.1) is 6.92 Å². The summed E-state index contributed by atoms with van der Waals surface area (Å²) in [5.74, 6) is 1.99. The summed E-state index contributed by atoms with van der Waals surface area (Å²) in [6, 6.07) is 6.19. The average molecular weight is 357 g/mol. The summed E-state index contributed by atoms with van der Waals surface area (Å²) < 4.78 is 7.60. The molecular weight excluding hydrogens is 324 g/mol. The van der Waals surface area contributed by atoms with Crippen molar-refractivity contribution in [2.75, 3.05) is 13.7 Å². The molecule has 0 fully saturated rings. The third kappa shape index (κ3) is 3.99. The highest BCUT2D eigenvalue weighted by Crippen LogP contribution is 2.36. The van der Waals surface area contributed by atoms with Crippen molar-refractivity contribution >= 4 is 10.9 Å². The Morgan fingerprint density at radius 3 is 2.69 bits per heavy atom. The van der Waals surface area contributed by atoms with Gasteiger partial charge in [0.2, 0.25) is 0 Å². The van der Waals surface area contributed by atoms with E-state index in [9.17, 15) is 0 Å². The Morgan fingerprint density at radius 1 is 1.38 bits per heavy atom. The standard InChI is InChI=1S/C15H15N3O.C3H7N.C2H6.CH4/c1-9-16-8-14-15-11(5-6-18(9)14)12-7-10(19-2)3-4-13(12)17-15;1-2-3-4;1-2;/h3-4,7-8,17H,5-6H2,1-2H3;2H,1,3-4H2;1-2H3;1H4. The number of hydrogen-bond donors (Lipinski definition) is 2. The number of fused-ring (bicyclic) bond motifs is 5. The zero-order chi connectivity index (χ0) is 18.4. The zero-order valence-corrected chi connectivity index (χ0v) is 15.6. The first kappa shape index (κ1) is 21.5. The molecule has 0 amide bonds. The summed E-state index contributed by atoms with van der Waals surface area (Å²) >= 11 is 0. The average Bonchev–Trinajstić information content (AvgIpc) is 3.23. The number of aryl methyl sites for hydroxylation is 2. The van der Waals surface area contributed by atoms with E-state index in [-0.39, 0.29) is 7.43 Å². The van der Waals surface area contributed by atoms with Crippen molar-refractivity contribution < 1.29 is 4.74 Å². The topological polar surface area (TPSA) is 68.9 Å². The van der Waals surface area contributed by atoms with Crippen LogP contribution in [0.1, 0.15) is 32.7 Å². The molecule has 142 valence electrons. The van der Waals surface area contributed by atoms with Crippen molar-refractivity contribution in [3.63, 3.8) is 0 Å². The number of ether oxygens (including phenoxy) is 1. The van der Waals surface area contributed by atoms with E-state index < -0.39 is 0 Å². The number of rotatable bonds is 2. The van der Waals surface area contributed by atoms with Crippen LogP contribution in [0.3, 0.4) is 0 Å². The second kappa shape index (κ2) is 9.82. The highest BCUT2D eigenvalue weighted by atomic mass is 16.5. The molecule has 1 aromatic carbocycles. The number of imidazole rings is 1. The maximum atomic E-state index is 5.32. The molecule has 3 N–H and O–H groups in total. The lowest BCUT2D eigenvalue weighted by Crippen LogP contribution is -2.11. The van der Waals surface area contributed by atoms with Gasteiger partial charge in [-0.2, -0.15) is 0 Å². The Bertz CT molecular complexity index is 845. The zero-order valence-electron chi connectivity index (χ0n) is 15.6. The van der Waals surface area contributed by atoms with Crippen molar-refractivity contribution in [2.24, 2.45) is 5.73 Å². The van der Waals surface area contributed by atoms with Gasteiger partial charge < -0.3 is 20.0 Å². The SMILES string of the molecule is C.C=CCN.CC.COc1ccc2[nH]c3c(c2c1)CCn1c-3cnc1C. The Hall–Kier alpha value is -2.53. The molecule has 0 atom stereocenters. The maximum Gasteiger partial charge on any atom is 0.119 e. The predicted molar refractivity (Wildman–Crippen MR) is 112 cm³/mol. The maximum absolute atomic E-state index is 5.32. The van der Waals surface area contributed by atoms with Gasteiger partial charge in [0.25, 0.3) is 0 Å². The van der Waals surface area contributed by atoms with E-state index in [0.29, 0.717) is 6.54 Å². The highest BCUT2D eigenvalue weighted by molar-refractivity contribution is 5.91. The van der Waals surface area contributed by atoms with Gasteiger partial charge in [0.1, 0.15) is 11.6 Å². The lowest BCUT2D eigenvalue weighted by atomic mass is 10.0. The van der Waals surface area contributed by atoms with Gasteiger partial charge in [0.15, 0.2) is 0 Å². The largest absolute Gasteiger partial charge is 0.497 e. The van der Waals surface area contributed by atoms with Gasteiger partial charge in [-0.25, -0.2) is 4.98 Å². The quantitative estimate of drug-likeness (QED) is 0.654. The van der Waals surface area contributed by atoms with E-state index in [1.165, 1.54) is 22.3 Å². The minimum absolute atomic E-state index is 0. The Labute approximate surface area is 156 Å². The molecule has 0 bridgehead atoms. The number of aromatic nitrogens is 3. The molecular formula is C21H32N4O. The van der Waals surface area contributed by atoms with Crippen LogP contribution in [0.4, 0.5) is 0 Å². The van der Waals surface area contributed by atoms with Crippen LogP contribution in [0.5, 0.6) is 5.75 Å². The fourth-order valence-electron chi connectivity index (χ4n) is 3.01. The van der Waals surface area contributed by atoms with Crippen molar-refractivity contribution in [3.8, 4) is 17.1 Å². The molecule has 5 heteroatoms. The van der Waals surface area contributed by atoms with E-state index in [0.717, 1.165) is 30.1 Å².